The number of nitrogens with one attached hydrogen (secondary N) is 1. The van der Waals surface area contributed by atoms with Gasteiger partial charge < -0.3 is 15.0 Å². The molecule has 0 radical (unpaired) electrons. The highest BCUT2D eigenvalue weighted by atomic mass is 16.5. The van der Waals surface area contributed by atoms with Crippen LogP contribution in [0.2, 0.25) is 0 Å². The summed E-state index contributed by atoms with van der Waals surface area (Å²) in [5.74, 6) is 0.655. The lowest BCUT2D eigenvalue weighted by Crippen LogP contribution is -2.50. The Kier molecular flexibility index (Phi) is 8.71. The van der Waals surface area contributed by atoms with Gasteiger partial charge in [0.1, 0.15) is 11.8 Å². The zero-order chi connectivity index (χ0) is 21.2. The molecular formula is C24H32N2O3. The number of nitrogens with zero attached hydrogens (tertiary/aromatic N) is 1. The molecule has 0 heterocycles. The van der Waals surface area contributed by atoms with Crippen molar-refractivity contribution in [2.24, 2.45) is 5.92 Å². The zero-order valence-corrected chi connectivity index (χ0v) is 17.9. The van der Waals surface area contributed by atoms with E-state index in [4.69, 9.17) is 4.74 Å². The molecule has 5 nitrogen and oxygen atoms in total. The van der Waals surface area contributed by atoms with Crippen molar-refractivity contribution in [3.8, 4) is 5.75 Å². The van der Waals surface area contributed by atoms with E-state index in [0.29, 0.717) is 31.2 Å². The van der Waals surface area contributed by atoms with Gasteiger partial charge in [-0.05, 0) is 37.0 Å². The number of carbonyl (C=O) groups is 2. The zero-order valence-electron chi connectivity index (χ0n) is 17.9. The van der Waals surface area contributed by atoms with E-state index in [1.165, 1.54) is 0 Å². The number of rotatable bonds is 10. The van der Waals surface area contributed by atoms with Gasteiger partial charge in [0.2, 0.25) is 5.91 Å². The maximum absolute atomic E-state index is 13.1. The summed E-state index contributed by atoms with van der Waals surface area (Å²) in [4.78, 5) is 27.5. The molecule has 2 aromatic carbocycles. The van der Waals surface area contributed by atoms with E-state index in [-0.39, 0.29) is 18.4 Å². The average molecular weight is 397 g/mol. The van der Waals surface area contributed by atoms with Gasteiger partial charge in [-0.3, -0.25) is 9.59 Å². The molecule has 156 valence electrons. The standard InChI is InChI=1S/C24H32N2O3/c1-5-22(24(28)25-15-18(2)3)26(16-20-9-7-6-8-10-20)23(27)17-29-21-13-11-19(4)12-14-21/h6-14,18,22H,5,15-17H2,1-4H3,(H,25,28)/t22-/m1/s1. The van der Waals surface area contributed by atoms with Gasteiger partial charge in [0.15, 0.2) is 6.61 Å². The smallest absolute Gasteiger partial charge is 0.261 e. The third-order valence-corrected chi connectivity index (χ3v) is 4.65. The molecule has 0 aliphatic carbocycles. The van der Waals surface area contributed by atoms with Crippen LogP contribution in [0.5, 0.6) is 5.75 Å². The van der Waals surface area contributed by atoms with Crippen LogP contribution in [0.25, 0.3) is 0 Å². The summed E-state index contributed by atoms with van der Waals surface area (Å²) < 4.78 is 5.69. The third kappa shape index (κ3) is 7.26. The minimum absolute atomic E-state index is 0.107. The van der Waals surface area contributed by atoms with Crippen molar-refractivity contribution in [3.05, 3.63) is 65.7 Å². The Labute approximate surface area is 174 Å². The van der Waals surface area contributed by atoms with E-state index < -0.39 is 6.04 Å². The first-order chi connectivity index (χ1) is 13.9. The quantitative estimate of drug-likeness (QED) is 0.661. The Morgan fingerprint density at radius 1 is 1.03 bits per heavy atom. The van der Waals surface area contributed by atoms with E-state index in [9.17, 15) is 9.59 Å². The average Bonchev–Trinajstić information content (AvgIpc) is 2.72. The molecule has 0 aliphatic heterocycles. The molecule has 29 heavy (non-hydrogen) atoms. The Morgan fingerprint density at radius 2 is 1.69 bits per heavy atom. The summed E-state index contributed by atoms with van der Waals surface area (Å²) in [5, 5.41) is 2.96. The Bertz CT molecular complexity index is 772. The van der Waals surface area contributed by atoms with E-state index in [0.717, 1.165) is 11.1 Å². The maximum atomic E-state index is 13.1. The molecule has 0 fully saturated rings. The lowest BCUT2D eigenvalue weighted by molar-refractivity contribution is -0.143. The fourth-order valence-electron chi connectivity index (χ4n) is 2.98. The van der Waals surface area contributed by atoms with Gasteiger partial charge in [0.25, 0.3) is 5.91 Å². The van der Waals surface area contributed by atoms with Crippen LogP contribution in [0, 0.1) is 12.8 Å². The van der Waals surface area contributed by atoms with Crippen molar-refractivity contribution in [1.29, 1.82) is 0 Å². The number of hydrogen-bond donors (Lipinski definition) is 1. The molecule has 1 atom stereocenters. The van der Waals surface area contributed by atoms with E-state index in [1.54, 1.807) is 4.90 Å². The summed E-state index contributed by atoms with van der Waals surface area (Å²) in [6.45, 7) is 8.86. The molecule has 0 unspecified atom stereocenters. The van der Waals surface area contributed by atoms with Gasteiger partial charge >= 0.3 is 0 Å². The summed E-state index contributed by atoms with van der Waals surface area (Å²) in [5.41, 5.74) is 2.11. The fraction of sp³-hybridized carbons (Fsp3) is 0.417. The van der Waals surface area contributed by atoms with Crippen molar-refractivity contribution in [1.82, 2.24) is 10.2 Å². The second-order valence-corrected chi connectivity index (χ2v) is 7.67. The van der Waals surface area contributed by atoms with Crippen LogP contribution in [0.4, 0.5) is 0 Å². The largest absolute Gasteiger partial charge is 0.484 e. The summed E-state index contributed by atoms with van der Waals surface area (Å²) in [6, 6.07) is 16.7. The molecule has 0 aromatic heterocycles. The molecule has 2 rings (SSSR count). The second-order valence-electron chi connectivity index (χ2n) is 7.67. The lowest BCUT2D eigenvalue weighted by atomic mass is 10.1. The number of ether oxygens (including phenoxy) is 1. The molecule has 0 saturated heterocycles. The monoisotopic (exact) mass is 396 g/mol. The van der Waals surface area contributed by atoms with Crippen LogP contribution >= 0.6 is 0 Å². The van der Waals surface area contributed by atoms with Crippen molar-refractivity contribution >= 4 is 11.8 Å². The van der Waals surface area contributed by atoms with Crippen LogP contribution in [-0.4, -0.2) is 35.9 Å². The first-order valence-corrected chi connectivity index (χ1v) is 10.2. The van der Waals surface area contributed by atoms with Gasteiger partial charge in [-0.25, -0.2) is 0 Å². The van der Waals surface area contributed by atoms with Gasteiger partial charge in [-0.2, -0.15) is 0 Å². The minimum atomic E-state index is -0.539. The molecule has 0 bridgehead atoms. The molecule has 0 saturated carbocycles. The number of hydrogen-bond acceptors (Lipinski definition) is 3. The first kappa shape index (κ1) is 22.5. The highest BCUT2D eigenvalue weighted by Crippen LogP contribution is 2.15. The molecule has 0 spiro atoms. The van der Waals surface area contributed by atoms with Crippen molar-refractivity contribution in [3.63, 3.8) is 0 Å². The predicted octanol–water partition coefficient (Wildman–Crippen LogP) is 3.95. The topological polar surface area (TPSA) is 58.6 Å². The van der Waals surface area contributed by atoms with Gasteiger partial charge in [-0.1, -0.05) is 68.8 Å². The third-order valence-electron chi connectivity index (χ3n) is 4.65. The summed E-state index contributed by atoms with van der Waals surface area (Å²) in [7, 11) is 0. The van der Waals surface area contributed by atoms with Crippen LogP contribution in [0.1, 0.15) is 38.3 Å². The van der Waals surface area contributed by atoms with E-state index in [1.807, 2.05) is 82.3 Å². The normalized spacial score (nSPS) is 11.8. The molecule has 0 aliphatic rings. The highest BCUT2D eigenvalue weighted by molar-refractivity contribution is 5.88. The maximum Gasteiger partial charge on any atom is 0.261 e. The fourth-order valence-corrected chi connectivity index (χ4v) is 2.98. The van der Waals surface area contributed by atoms with Crippen molar-refractivity contribution in [2.75, 3.05) is 13.2 Å². The summed E-state index contributed by atoms with van der Waals surface area (Å²) in [6.07, 6.45) is 0.535. The predicted molar refractivity (Wildman–Crippen MR) is 116 cm³/mol. The van der Waals surface area contributed by atoms with Gasteiger partial charge in [0, 0.05) is 13.1 Å². The Balaban J connectivity index is 2.14. The van der Waals surface area contributed by atoms with Crippen LogP contribution in [0.3, 0.4) is 0 Å². The number of carbonyl (C=O) groups excluding carboxylic acids is 2. The SMILES string of the molecule is CC[C@H](C(=O)NCC(C)C)N(Cc1ccccc1)C(=O)COc1ccc(C)cc1. The van der Waals surface area contributed by atoms with Crippen LogP contribution < -0.4 is 10.1 Å². The molecule has 5 heteroatoms. The first-order valence-electron chi connectivity index (χ1n) is 10.2. The molecule has 2 aromatic rings. The number of amides is 2. The molecular weight excluding hydrogens is 364 g/mol. The second kappa shape index (κ2) is 11.2. The minimum Gasteiger partial charge on any atom is -0.484 e. The van der Waals surface area contributed by atoms with E-state index >= 15 is 0 Å². The summed E-state index contributed by atoms with van der Waals surface area (Å²) >= 11 is 0. The Morgan fingerprint density at radius 3 is 2.28 bits per heavy atom. The lowest BCUT2D eigenvalue weighted by Gasteiger charge is -2.30. The van der Waals surface area contributed by atoms with E-state index in [2.05, 4.69) is 5.32 Å². The molecule has 2 amide bonds. The Hall–Kier alpha value is -2.82. The van der Waals surface area contributed by atoms with Crippen molar-refractivity contribution < 1.29 is 14.3 Å². The number of aryl methyl sites for hydroxylation is 1. The molecule has 1 N–H and O–H groups in total. The van der Waals surface area contributed by atoms with Crippen LogP contribution in [-0.2, 0) is 16.1 Å². The number of benzene rings is 2. The van der Waals surface area contributed by atoms with Gasteiger partial charge in [-0.15, -0.1) is 0 Å². The van der Waals surface area contributed by atoms with Gasteiger partial charge in [0.05, 0.1) is 0 Å². The van der Waals surface area contributed by atoms with Crippen molar-refractivity contribution in [2.45, 2.75) is 46.7 Å². The van der Waals surface area contributed by atoms with Crippen LogP contribution in [0.15, 0.2) is 54.6 Å². The highest BCUT2D eigenvalue weighted by Gasteiger charge is 2.28.